The van der Waals surface area contributed by atoms with Gasteiger partial charge in [0.1, 0.15) is 0 Å². The van der Waals surface area contributed by atoms with E-state index in [9.17, 15) is 14.7 Å². The molecular formula is C17H17NO3. The smallest absolute Gasteiger partial charge is 0.337 e. The molecule has 2 aromatic rings. The Morgan fingerprint density at radius 1 is 1.00 bits per heavy atom. The van der Waals surface area contributed by atoms with Crippen LogP contribution in [0.1, 0.15) is 31.8 Å². The molecule has 1 N–H and O–H groups in total. The lowest BCUT2D eigenvalue weighted by atomic mass is 10.0. The summed E-state index contributed by atoms with van der Waals surface area (Å²) in [7, 11) is 1.58. The van der Waals surface area contributed by atoms with Gasteiger partial charge in [-0.1, -0.05) is 18.2 Å². The molecule has 0 aliphatic heterocycles. The molecule has 2 aromatic carbocycles. The summed E-state index contributed by atoms with van der Waals surface area (Å²) in [6, 6.07) is 11.9. The lowest BCUT2D eigenvalue weighted by molar-refractivity contribution is 0.0697. The Morgan fingerprint density at radius 3 is 2.29 bits per heavy atom. The SMILES string of the molecule is Cc1ccc(C(=O)N(C)c2ccccc2C(=O)O)cc1C. The van der Waals surface area contributed by atoms with Gasteiger partial charge < -0.3 is 10.0 Å². The summed E-state index contributed by atoms with van der Waals surface area (Å²) < 4.78 is 0. The van der Waals surface area contributed by atoms with Crippen LogP contribution in [-0.4, -0.2) is 24.0 Å². The number of rotatable bonds is 3. The zero-order valence-electron chi connectivity index (χ0n) is 12.3. The molecule has 0 radical (unpaired) electrons. The summed E-state index contributed by atoms with van der Waals surface area (Å²) in [5.74, 6) is -1.28. The fourth-order valence-corrected chi connectivity index (χ4v) is 2.12. The monoisotopic (exact) mass is 283 g/mol. The van der Waals surface area contributed by atoms with E-state index in [1.165, 1.54) is 11.0 Å². The van der Waals surface area contributed by atoms with Crippen molar-refractivity contribution >= 4 is 17.6 Å². The second-order valence-corrected chi connectivity index (χ2v) is 4.99. The molecule has 4 nitrogen and oxygen atoms in total. The molecule has 0 fully saturated rings. The molecule has 0 aliphatic rings. The van der Waals surface area contributed by atoms with Gasteiger partial charge in [0.15, 0.2) is 0 Å². The molecule has 0 aromatic heterocycles. The molecule has 2 rings (SSSR count). The van der Waals surface area contributed by atoms with Crippen molar-refractivity contribution in [1.82, 2.24) is 0 Å². The minimum atomic E-state index is -1.05. The van der Waals surface area contributed by atoms with Crippen molar-refractivity contribution in [2.45, 2.75) is 13.8 Å². The van der Waals surface area contributed by atoms with Crippen LogP contribution in [0.2, 0.25) is 0 Å². The molecule has 0 spiro atoms. The number of para-hydroxylation sites is 1. The maximum absolute atomic E-state index is 12.5. The van der Waals surface area contributed by atoms with Crippen molar-refractivity contribution in [3.8, 4) is 0 Å². The van der Waals surface area contributed by atoms with Crippen molar-refractivity contribution in [2.75, 3.05) is 11.9 Å². The van der Waals surface area contributed by atoms with Crippen LogP contribution in [0.15, 0.2) is 42.5 Å². The van der Waals surface area contributed by atoms with Gasteiger partial charge in [0.25, 0.3) is 5.91 Å². The number of benzene rings is 2. The average molecular weight is 283 g/mol. The molecule has 4 heteroatoms. The van der Waals surface area contributed by atoms with Crippen LogP contribution in [0.4, 0.5) is 5.69 Å². The highest BCUT2D eigenvalue weighted by Gasteiger charge is 2.19. The number of hydrogen-bond donors (Lipinski definition) is 1. The van der Waals surface area contributed by atoms with E-state index in [0.717, 1.165) is 11.1 Å². The number of carbonyl (C=O) groups is 2. The Kier molecular flexibility index (Phi) is 4.08. The maximum atomic E-state index is 12.5. The summed E-state index contributed by atoms with van der Waals surface area (Å²) in [4.78, 5) is 25.1. The Bertz CT molecular complexity index is 707. The molecule has 0 saturated heterocycles. The number of anilines is 1. The van der Waals surface area contributed by atoms with Crippen molar-refractivity contribution < 1.29 is 14.7 Å². The number of carbonyl (C=O) groups excluding carboxylic acids is 1. The minimum absolute atomic E-state index is 0.109. The highest BCUT2D eigenvalue weighted by Crippen LogP contribution is 2.21. The molecule has 21 heavy (non-hydrogen) atoms. The second kappa shape index (κ2) is 5.79. The third-order valence-corrected chi connectivity index (χ3v) is 3.55. The van der Waals surface area contributed by atoms with Gasteiger partial charge in [0.05, 0.1) is 11.3 Å². The van der Waals surface area contributed by atoms with Gasteiger partial charge in [-0.25, -0.2) is 4.79 Å². The number of nitrogens with zero attached hydrogens (tertiary/aromatic N) is 1. The maximum Gasteiger partial charge on any atom is 0.337 e. The fourth-order valence-electron chi connectivity index (χ4n) is 2.12. The lowest BCUT2D eigenvalue weighted by Gasteiger charge is -2.19. The predicted octanol–water partition coefficient (Wildman–Crippen LogP) is 3.28. The van der Waals surface area contributed by atoms with E-state index in [1.54, 1.807) is 31.3 Å². The van der Waals surface area contributed by atoms with Crippen molar-refractivity contribution in [3.63, 3.8) is 0 Å². The van der Waals surface area contributed by atoms with E-state index < -0.39 is 5.97 Å². The first-order valence-electron chi connectivity index (χ1n) is 6.59. The molecule has 108 valence electrons. The highest BCUT2D eigenvalue weighted by molar-refractivity contribution is 6.09. The summed E-state index contributed by atoms with van der Waals surface area (Å²) in [6.45, 7) is 3.92. The van der Waals surface area contributed by atoms with E-state index in [-0.39, 0.29) is 11.5 Å². The van der Waals surface area contributed by atoms with Crippen molar-refractivity contribution in [1.29, 1.82) is 0 Å². The Hall–Kier alpha value is -2.62. The first-order valence-corrected chi connectivity index (χ1v) is 6.59. The van der Waals surface area contributed by atoms with Gasteiger partial charge >= 0.3 is 5.97 Å². The van der Waals surface area contributed by atoms with Crippen LogP contribution in [0, 0.1) is 13.8 Å². The van der Waals surface area contributed by atoms with E-state index in [2.05, 4.69) is 0 Å². The van der Waals surface area contributed by atoms with E-state index in [0.29, 0.717) is 11.3 Å². The van der Waals surface area contributed by atoms with Crippen molar-refractivity contribution in [2.24, 2.45) is 0 Å². The standard InChI is InChI=1S/C17H17NO3/c1-11-8-9-13(10-12(11)2)16(19)18(3)15-7-5-4-6-14(15)17(20)21/h4-10H,1-3H3,(H,20,21). The third-order valence-electron chi connectivity index (χ3n) is 3.55. The molecular weight excluding hydrogens is 266 g/mol. The number of aryl methyl sites for hydroxylation is 2. The first-order chi connectivity index (χ1) is 9.91. The van der Waals surface area contributed by atoms with Crippen LogP contribution in [0.5, 0.6) is 0 Å². The lowest BCUT2D eigenvalue weighted by Crippen LogP contribution is -2.28. The highest BCUT2D eigenvalue weighted by atomic mass is 16.4. The fraction of sp³-hybridized carbons (Fsp3) is 0.176. The van der Waals surface area contributed by atoms with Crippen LogP contribution >= 0.6 is 0 Å². The van der Waals surface area contributed by atoms with Crippen LogP contribution in [0.3, 0.4) is 0 Å². The molecule has 0 saturated carbocycles. The van der Waals surface area contributed by atoms with Crippen LogP contribution in [0.25, 0.3) is 0 Å². The molecule has 1 amide bonds. The summed E-state index contributed by atoms with van der Waals surface area (Å²) >= 11 is 0. The number of hydrogen-bond acceptors (Lipinski definition) is 2. The molecule has 0 aliphatic carbocycles. The number of amides is 1. The zero-order chi connectivity index (χ0) is 15.6. The van der Waals surface area contributed by atoms with Gasteiger partial charge in [-0.2, -0.15) is 0 Å². The molecule has 0 heterocycles. The number of carboxylic acid groups (broad SMARTS) is 1. The van der Waals surface area contributed by atoms with Gasteiger partial charge in [0, 0.05) is 12.6 Å². The number of aromatic carboxylic acids is 1. The summed E-state index contributed by atoms with van der Waals surface area (Å²) in [5.41, 5.74) is 3.17. The van der Waals surface area contributed by atoms with Gasteiger partial charge in [-0.3, -0.25) is 4.79 Å². The predicted molar refractivity (Wildman–Crippen MR) is 82.1 cm³/mol. The number of carboxylic acids is 1. The van der Waals surface area contributed by atoms with Crippen molar-refractivity contribution in [3.05, 3.63) is 64.7 Å². The van der Waals surface area contributed by atoms with Crippen LogP contribution < -0.4 is 4.90 Å². The van der Waals surface area contributed by atoms with E-state index in [4.69, 9.17) is 0 Å². The zero-order valence-corrected chi connectivity index (χ0v) is 12.3. The third kappa shape index (κ3) is 2.94. The van der Waals surface area contributed by atoms with Crippen LogP contribution in [-0.2, 0) is 0 Å². The van der Waals surface area contributed by atoms with E-state index >= 15 is 0 Å². The van der Waals surface area contributed by atoms with Gasteiger partial charge in [-0.05, 0) is 49.2 Å². The second-order valence-electron chi connectivity index (χ2n) is 4.99. The normalized spacial score (nSPS) is 10.2. The molecule has 0 unspecified atom stereocenters. The Balaban J connectivity index is 2.40. The van der Waals surface area contributed by atoms with Gasteiger partial charge in [-0.15, -0.1) is 0 Å². The Labute approximate surface area is 123 Å². The average Bonchev–Trinajstić information content (AvgIpc) is 2.48. The Morgan fingerprint density at radius 2 is 1.67 bits per heavy atom. The van der Waals surface area contributed by atoms with E-state index in [1.807, 2.05) is 26.0 Å². The first kappa shape index (κ1) is 14.8. The molecule has 0 bridgehead atoms. The quantitative estimate of drug-likeness (QED) is 0.940. The molecule has 0 atom stereocenters. The van der Waals surface area contributed by atoms with Gasteiger partial charge in [0.2, 0.25) is 0 Å². The largest absolute Gasteiger partial charge is 0.478 e. The minimum Gasteiger partial charge on any atom is -0.478 e. The summed E-state index contributed by atoms with van der Waals surface area (Å²) in [5, 5.41) is 9.21. The topological polar surface area (TPSA) is 57.6 Å². The summed E-state index contributed by atoms with van der Waals surface area (Å²) in [6.07, 6.45) is 0.